The molecule has 2 aromatic rings. The lowest BCUT2D eigenvalue weighted by molar-refractivity contribution is 0.103. The summed E-state index contributed by atoms with van der Waals surface area (Å²) >= 11 is 0. The number of carbonyl (C=O) groups is 1. The average Bonchev–Trinajstić information content (AvgIpc) is 2.38. The van der Waals surface area contributed by atoms with Gasteiger partial charge >= 0.3 is 0 Å². The van der Waals surface area contributed by atoms with Crippen LogP contribution in [0.15, 0.2) is 42.6 Å². The Balaban J connectivity index is 2.40. The number of carbonyl (C=O) groups excluding carboxylic acids is 1. The molecule has 0 saturated carbocycles. The minimum atomic E-state index is -0.0329. The molecule has 0 spiro atoms. The number of pyridine rings is 1. The zero-order valence-electron chi connectivity index (χ0n) is 9.81. The number of nitrogens with zero attached hydrogens (tertiary/aromatic N) is 1. The Kier molecular flexibility index (Phi) is 3.19. The SMILES string of the molecule is COc1cccc(C(=O)c2cccnc2C)c1. The second-order valence-corrected chi connectivity index (χ2v) is 3.70. The number of ether oxygens (including phenoxy) is 1. The Bertz CT molecular complexity index is 549. The summed E-state index contributed by atoms with van der Waals surface area (Å²) in [6.45, 7) is 1.83. The fourth-order valence-corrected chi connectivity index (χ4v) is 1.64. The van der Waals surface area contributed by atoms with E-state index in [4.69, 9.17) is 4.74 Å². The Morgan fingerprint density at radius 2 is 2.06 bits per heavy atom. The number of aromatic nitrogens is 1. The Morgan fingerprint density at radius 1 is 1.24 bits per heavy atom. The van der Waals surface area contributed by atoms with E-state index in [1.165, 1.54) is 0 Å². The van der Waals surface area contributed by atoms with Crippen LogP contribution in [0.2, 0.25) is 0 Å². The molecule has 0 aliphatic carbocycles. The van der Waals surface area contributed by atoms with Gasteiger partial charge in [-0.2, -0.15) is 0 Å². The number of rotatable bonds is 3. The standard InChI is InChI=1S/C14H13NO2/c1-10-13(7-4-8-15-10)14(16)11-5-3-6-12(9-11)17-2/h3-9H,1-2H3. The molecular formula is C14H13NO2. The van der Waals surface area contributed by atoms with Gasteiger partial charge in [0.2, 0.25) is 0 Å². The Labute approximate surface area is 100 Å². The van der Waals surface area contributed by atoms with Crippen LogP contribution < -0.4 is 4.74 Å². The van der Waals surface area contributed by atoms with Crippen LogP contribution in [0.4, 0.5) is 0 Å². The summed E-state index contributed by atoms with van der Waals surface area (Å²) in [4.78, 5) is 16.4. The van der Waals surface area contributed by atoms with Gasteiger partial charge in [-0.3, -0.25) is 9.78 Å². The van der Waals surface area contributed by atoms with E-state index < -0.39 is 0 Å². The zero-order valence-corrected chi connectivity index (χ0v) is 9.81. The molecule has 17 heavy (non-hydrogen) atoms. The Morgan fingerprint density at radius 3 is 2.76 bits per heavy atom. The van der Waals surface area contributed by atoms with Gasteiger partial charge in [-0.15, -0.1) is 0 Å². The molecule has 3 heteroatoms. The maximum atomic E-state index is 12.2. The predicted octanol–water partition coefficient (Wildman–Crippen LogP) is 2.63. The molecule has 3 nitrogen and oxygen atoms in total. The summed E-state index contributed by atoms with van der Waals surface area (Å²) in [5.41, 5.74) is 1.97. The number of hydrogen-bond acceptors (Lipinski definition) is 3. The van der Waals surface area contributed by atoms with Gasteiger partial charge in [0.1, 0.15) is 5.75 Å². The predicted molar refractivity (Wildman–Crippen MR) is 65.4 cm³/mol. The smallest absolute Gasteiger partial charge is 0.194 e. The largest absolute Gasteiger partial charge is 0.497 e. The van der Waals surface area contributed by atoms with Crippen LogP contribution in [-0.4, -0.2) is 17.9 Å². The van der Waals surface area contributed by atoms with Gasteiger partial charge in [0.15, 0.2) is 5.78 Å². The number of ketones is 1. The fourth-order valence-electron chi connectivity index (χ4n) is 1.64. The molecule has 0 aliphatic rings. The van der Waals surface area contributed by atoms with Crippen molar-refractivity contribution in [3.05, 3.63) is 59.4 Å². The molecule has 0 atom stereocenters. The monoisotopic (exact) mass is 227 g/mol. The number of methoxy groups -OCH3 is 1. The van der Waals surface area contributed by atoms with Gasteiger partial charge in [0, 0.05) is 23.0 Å². The first-order chi connectivity index (χ1) is 8.22. The van der Waals surface area contributed by atoms with Crippen molar-refractivity contribution in [1.29, 1.82) is 0 Å². The number of aryl methyl sites for hydroxylation is 1. The lowest BCUT2D eigenvalue weighted by Crippen LogP contribution is -2.04. The van der Waals surface area contributed by atoms with Crippen molar-refractivity contribution in [3.8, 4) is 5.75 Å². The third kappa shape index (κ3) is 2.33. The van der Waals surface area contributed by atoms with E-state index in [1.807, 2.05) is 13.0 Å². The molecule has 0 radical (unpaired) electrons. The van der Waals surface area contributed by atoms with Gasteiger partial charge in [-0.05, 0) is 31.2 Å². The molecule has 2 rings (SSSR count). The highest BCUT2D eigenvalue weighted by Gasteiger charge is 2.12. The summed E-state index contributed by atoms with van der Waals surface area (Å²) in [6, 6.07) is 10.7. The van der Waals surface area contributed by atoms with Gasteiger partial charge in [-0.1, -0.05) is 12.1 Å². The highest BCUT2D eigenvalue weighted by atomic mass is 16.5. The molecule has 1 heterocycles. The lowest BCUT2D eigenvalue weighted by atomic mass is 10.0. The second kappa shape index (κ2) is 4.78. The average molecular weight is 227 g/mol. The van der Waals surface area contributed by atoms with E-state index in [2.05, 4.69) is 4.98 Å². The number of benzene rings is 1. The van der Waals surface area contributed by atoms with Gasteiger partial charge in [0.25, 0.3) is 0 Å². The minimum absolute atomic E-state index is 0.0329. The molecule has 86 valence electrons. The van der Waals surface area contributed by atoms with Gasteiger partial charge < -0.3 is 4.74 Å². The summed E-state index contributed by atoms with van der Waals surface area (Å²) in [5.74, 6) is 0.645. The van der Waals surface area contributed by atoms with Crippen LogP contribution in [0.5, 0.6) is 5.75 Å². The molecule has 0 unspecified atom stereocenters. The highest BCUT2D eigenvalue weighted by molar-refractivity contribution is 6.09. The first-order valence-corrected chi connectivity index (χ1v) is 5.33. The van der Waals surface area contributed by atoms with Crippen LogP contribution in [0.1, 0.15) is 21.6 Å². The maximum Gasteiger partial charge on any atom is 0.194 e. The van der Waals surface area contributed by atoms with E-state index in [9.17, 15) is 4.79 Å². The van der Waals surface area contributed by atoms with Crippen molar-refractivity contribution in [1.82, 2.24) is 4.98 Å². The van der Waals surface area contributed by atoms with E-state index >= 15 is 0 Å². The third-order valence-corrected chi connectivity index (χ3v) is 2.58. The van der Waals surface area contributed by atoms with Crippen LogP contribution >= 0.6 is 0 Å². The Hall–Kier alpha value is -2.16. The van der Waals surface area contributed by atoms with Crippen LogP contribution in [-0.2, 0) is 0 Å². The number of hydrogen-bond donors (Lipinski definition) is 0. The van der Waals surface area contributed by atoms with Crippen molar-refractivity contribution in [2.45, 2.75) is 6.92 Å². The van der Waals surface area contributed by atoms with Crippen molar-refractivity contribution in [2.24, 2.45) is 0 Å². The van der Waals surface area contributed by atoms with Crippen molar-refractivity contribution < 1.29 is 9.53 Å². The quantitative estimate of drug-likeness (QED) is 0.757. The molecule has 0 saturated heterocycles. The van der Waals surface area contributed by atoms with Gasteiger partial charge in [-0.25, -0.2) is 0 Å². The van der Waals surface area contributed by atoms with E-state index in [0.717, 1.165) is 5.69 Å². The first-order valence-electron chi connectivity index (χ1n) is 5.33. The van der Waals surface area contributed by atoms with Gasteiger partial charge in [0.05, 0.1) is 7.11 Å². The topological polar surface area (TPSA) is 39.2 Å². The summed E-state index contributed by atoms with van der Waals surface area (Å²) in [5, 5.41) is 0. The lowest BCUT2D eigenvalue weighted by Gasteiger charge is -2.05. The van der Waals surface area contributed by atoms with Crippen molar-refractivity contribution in [3.63, 3.8) is 0 Å². The maximum absolute atomic E-state index is 12.2. The van der Waals surface area contributed by atoms with Crippen LogP contribution in [0, 0.1) is 6.92 Å². The van der Waals surface area contributed by atoms with Crippen LogP contribution in [0.3, 0.4) is 0 Å². The zero-order chi connectivity index (χ0) is 12.3. The summed E-state index contributed by atoms with van der Waals surface area (Å²) in [7, 11) is 1.58. The molecule has 0 amide bonds. The second-order valence-electron chi connectivity index (χ2n) is 3.70. The third-order valence-electron chi connectivity index (χ3n) is 2.58. The summed E-state index contributed by atoms with van der Waals surface area (Å²) in [6.07, 6.45) is 1.68. The molecule has 0 bridgehead atoms. The van der Waals surface area contributed by atoms with Crippen molar-refractivity contribution >= 4 is 5.78 Å². The van der Waals surface area contributed by atoms with E-state index in [0.29, 0.717) is 16.9 Å². The highest BCUT2D eigenvalue weighted by Crippen LogP contribution is 2.17. The first kappa shape index (κ1) is 11.3. The van der Waals surface area contributed by atoms with E-state index in [1.54, 1.807) is 43.6 Å². The molecular weight excluding hydrogens is 214 g/mol. The van der Waals surface area contributed by atoms with Crippen molar-refractivity contribution in [2.75, 3.05) is 7.11 Å². The minimum Gasteiger partial charge on any atom is -0.497 e. The normalized spacial score (nSPS) is 10.0. The molecule has 0 aliphatic heterocycles. The summed E-state index contributed by atoms with van der Waals surface area (Å²) < 4.78 is 5.10. The van der Waals surface area contributed by atoms with Crippen LogP contribution in [0.25, 0.3) is 0 Å². The molecule has 1 aromatic heterocycles. The molecule has 0 N–H and O–H groups in total. The van der Waals surface area contributed by atoms with E-state index in [-0.39, 0.29) is 5.78 Å². The molecule has 1 aromatic carbocycles. The molecule has 0 fully saturated rings. The fraction of sp³-hybridized carbons (Fsp3) is 0.143.